The number of H-pyrrole nitrogens is 1. The number of carbonyl (C=O) groups is 3. The van der Waals surface area contributed by atoms with E-state index in [1.807, 2.05) is 12.1 Å². The fourth-order valence-electron chi connectivity index (χ4n) is 2.64. The number of hydrogen-bond donors (Lipinski definition) is 3. The second-order valence-electron chi connectivity index (χ2n) is 6.26. The SMILES string of the molecule is COc1ccc(CC(NC(=O)C(Cc2cnc[nH]2)NC(C)=O)C(C)=O)cc1. The predicted molar refractivity (Wildman–Crippen MR) is 99.2 cm³/mol. The lowest BCUT2D eigenvalue weighted by molar-refractivity contribution is -0.130. The molecule has 1 heterocycles. The van der Waals surface area contributed by atoms with Crippen LogP contribution in [-0.2, 0) is 27.2 Å². The molecule has 0 aliphatic heterocycles. The van der Waals surface area contributed by atoms with Crippen LogP contribution in [0.3, 0.4) is 0 Å². The van der Waals surface area contributed by atoms with Crippen LogP contribution >= 0.6 is 0 Å². The van der Waals surface area contributed by atoms with Crippen molar-refractivity contribution in [2.75, 3.05) is 7.11 Å². The molecule has 1 aromatic heterocycles. The Morgan fingerprint density at radius 3 is 2.30 bits per heavy atom. The monoisotopic (exact) mass is 372 g/mol. The Morgan fingerprint density at radius 1 is 1.07 bits per heavy atom. The highest BCUT2D eigenvalue weighted by molar-refractivity contribution is 5.92. The molecule has 2 aromatic rings. The van der Waals surface area contributed by atoms with Gasteiger partial charge in [-0.15, -0.1) is 0 Å². The van der Waals surface area contributed by atoms with Crippen LogP contribution in [-0.4, -0.2) is 46.8 Å². The molecule has 0 aliphatic carbocycles. The highest BCUT2D eigenvalue weighted by atomic mass is 16.5. The summed E-state index contributed by atoms with van der Waals surface area (Å²) in [6.45, 7) is 2.77. The molecule has 0 saturated heterocycles. The summed E-state index contributed by atoms with van der Waals surface area (Å²) in [5, 5.41) is 5.36. The van der Waals surface area contributed by atoms with Crippen LogP contribution in [0.25, 0.3) is 0 Å². The number of amides is 2. The summed E-state index contributed by atoms with van der Waals surface area (Å²) < 4.78 is 5.12. The van der Waals surface area contributed by atoms with E-state index in [1.54, 1.807) is 25.4 Å². The first-order chi connectivity index (χ1) is 12.9. The molecule has 0 fully saturated rings. The molecule has 2 amide bonds. The van der Waals surface area contributed by atoms with Crippen molar-refractivity contribution in [2.24, 2.45) is 0 Å². The smallest absolute Gasteiger partial charge is 0.243 e. The number of aromatic nitrogens is 2. The van der Waals surface area contributed by atoms with E-state index in [4.69, 9.17) is 4.74 Å². The number of imidazole rings is 1. The zero-order chi connectivity index (χ0) is 19.8. The fraction of sp³-hybridized carbons (Fsp3) is 0.368. The second kappa shape index (κ2) is 9.51. The third kappa shape index (κ3) is 6.25. The van der Waals surface area contributed by atoms with Crippen molar-refractivity contribution in [3.63, 3.8) is 0 Å². The lowest BCUT2D eigenvalue weighted by Crippen LogP contribution is -2.52. The number of nitrogens with zero attached hydrogens (tertiary/aromatic N) is 1. The van der Waals surface area contributed by atoms with Crippen molar-refractivity contribution in [3.05, 3.63) is 48.0 Å². The van der Waals surface area contributed by atoms with Crippen LogP contribution in [0, 0.1) is 0 Å². The topological polar surface area (TPSA) is 113 Å². The lowest BCUT2D eigenvalue weighted by Gasteiger charge is -2.21. The van der Waals surface area contributed by atoms with Gasteiger partial charge in [-0.2, -0.15) is 0 Å². The summed E-state index contributed by atoms with van der Waals surface area (Å²) >= 11 is 0. The van der Waals surface area contributed by atoms with Gasteiger partial charge in [0.25, 0.3) is 0 Å². The zero-order valence-electron chi connectivity index (χ0n) is 15.6. The van der Waals surface area contributed by atoms with Gasteiger partial charge in [-0.3, -0.25) is 14.4 Å². The number of aromatic amines is 1. The number of rotatable bonds is 9. The molecule has 0 radical (unpaired) electrons. The highest BCUT2D eigenvalue weighted by Gasteiger charge is 2.25. The summed E-state index contributed by atoms with van der Waals surface area (Å²) in [6.07, 6.45) is 3.68. The van der Waals surface area contributed by atoms with E-state index in [-0.39, 0.29) is 18.1 Å². The second-order valence-corrected chi connectivity index (χ2v) is 6.26. The van der Waals surface area contributed by atoms with Gasteiger partial charge < -0.3 is 20.4 Å². The normalized spacial score (nSPS) is 12.7. The molecule has 3 N–H and O–H groups in total. The van der Waals surface area contributed by atoms with E-state index in [0.29, 0.717) is 17.9 Å². The van der Waals surface area contributed by atoms with Crippen molar-refractivity contribution in [2.45, 2.75) is 38.8 Å². The third-order valence-corrected chi connectivity index (χ3v) is 4.08. The summed E-state index contributed by atoms with van der Waals surface area (Å²) in [4.78, 5) is 43.0. The Morgan fingerprint density at radius 2 is 1.78 bits per heavy atom. The Bertz CT molecular complexity index is 772. The molecule has 0 spiro atoms. The van der Waals surface area contributed by atoms with E-state index < -0.39 is 18.0 Å². The van der Waals surface area contributed by atoms with Gasteiger partial charge in [0.05, 0.1) is 19.5 Å². The molecule has 0 saturated carbocycles. The van der Waals surface area contributed by atoms with Gasteiger partial charge in [0.15, 0.2) is 5.78 Å². The summed E-state index contributed by atoms with van der Waals surface area (Å²) in [6, 6.07) is 5.79. The van der Waals surface area contributed by atoms with Crippen LogP contribution in [0.4, 0.5) is 0 Å². The van der Waals surface area contributed by atoms with Crippen molar-refractivity contribution < 1.29 is 19.1 Å². The number of methoxy groups -OCH3 is 1. The molecule has 144 valence electrons. The third-order valence-electron chi connectivity index (χ3n) is 4.08. The number of carbonyl (C=O) groups excluding carboxylic acids is 3. The number of nitrogens with one attached hydrogen (secondary N) is 3. The van der Waals surface area contributed by atoms with Gasteiger partial charge in [-0.25, -0.2) is 4.98 Å². The molecule has 2 atom stereocenters. The quantitative estimate of drug-likeness (QED) is 0.602. The minimum Gasteiger partial charge on any atom is -0.497 e. The van der Waals surface area contributed by atoms with E-state index >= 15 is 0 Å². The molecule has 2 unspecified atom stereocenters. The average molecular weight is 372 g/mol. The molecule has 2 rings (SSSR count). The van der Waals surface area contributed by atoms with Gasteiger partial charge in [0.1, 0.15) is 11.8 Å². The maximum Gasteiger partial charge on any atom is 0.243 e. The van der Waals surface area contributed by atoms with Crippen LogP contribution in [0.2, 0.25) is 0 Å². The fourth-order valence-corrected chi connectivity index (χ4v) is 2.64. The predicted octanol–water partition coefficient (Wildman–Crippen LogP) is 0.782. The van der Waals surface area contributed by atoms with E-state index in [9.17, 15) is 14.4 Å². The molecule has 27 heavy (non-hydrogen) atoms. The Labute approximate surface area is 157 Å². The molecule has 1 aromatic carbocycles. The van der Waals surface area contributed by atoms with Crippen LogP contribution in [0.1, 0.15) is 25.1 Å². The summed E-state index contributed by atoms with van der Waals surface area (Å²) in [5.41, 5.74) is 1.60. The Balaban J connectivity index is 2.07. The molecule has 0 bridgehead atoms. The molecule has 8 nitrogen and oxygen atoms in total. The maximum atomic E-state index is 12.7. The van der Waals surface area contributed by atoms with Gasteiger partial charge in [-0.1, -0.05) is 12.1 Å². The molecule has 0 aliphatic rings. The average Bonchev–Trinajstić information content (AvgIpc) is 3.13. The maximum absolute atomic E-state index is 12.7. The minimum absolute atomic E-state index is 0.165. The first-order valence-corrected chi connectivity index (χ1v) is 8.57. The summed E-state index contributed by atoms with van der Waals surface area (Å²) in [5.74, 6) is -0.201. The molecule has 8 heteroatoms. The van der Waals surface area contributed by atoms with E-state index in [0.717, 1.165) is 5.56 Å². The van der Waals surface area contributed by atoms with Gasteiger partial charge in [0, 0.05) is 25.2 Å². The lowest BCUT2D eigenvalue weighted by atomic mass is 10.0. The van der Waals surface area contributed by atoms with Gasteiger partial charge in [0.2, 0.25) is 11.8 Å². The van der Waals surface area contributed by atoms with Gasteiger partial charge in [-0.05, 0) is 31.0 Å². The van der Waals surface area contributed by atoms with E-state index in [1.165, 1.54) is 20.2 Å². The van der Waals surface area contributed by atoms with Crippen molar-refractivity contribution in [1.29, 1.82) is 0 Å². The number of benzene rings is 1. The van der Waals surface area contributed by atoms with Crippen molar-refractivity contribution in [1.82, 2.24) is 20.6 Å². The summed E-state index contributed by atoms with van der Waals surface area (Å²) in [7, 11) is 1.58. The molecular weight excluding hydrogens is 348 g/mol. The van der Waals surface area contributed by atoms with Crippen LogP contribution in [0.5, 0.6) is 5.75 Å². The number of ether oxygens (including phenoxy) is 1. The molecular formula is C19H24N4O4. The minimum atomic E-state index is -0.805. The number of Topliss-reactive ketones (excluding diaryl/α,β-unsaturated/α-hetero) is 1. The standard InChI is InChI=1S/C19H24N4O4/c1-12(24)17(8-14-4-6-16(27-3)7-5-14)23-19(26)18(22-13(2)25)9-15-10-20-11-21-15/h4-7,10-11,17-18H,8-9H2,1-3H3,(H,20,21)(H,22,25)(H,23,26). The van der Waals surface area contributed by atoms with Gasteiger partial charge >= 0.3 is 0 Å². The van der Waals surface area contributed by atoms with Crippen molar-refractivity contribution in [3.8, 4) is 5.75 Å². The Kier molecular flexibility index (Phi) is 7.10. The van der Waals surface area contributed by atoms with Crippen LogP contribution in [0.15, 0.2) is 36.8 Å². The largest absolute Gasteiger partial charge is 0.497 e. The zero-order valence-corrected chi connectivity index (χ0v) is 15.6. The highest BCUT2D eigenvalue weighted by Crippen LogP contribution is 2.13. The number of ketones is 1. The first-order valence-electron chi connectivity index (χ1n) is 8.57. The van der Waals surface area contributed by atoms with Crippen molar-refractivity contribution >= 4 is 17.6 Å². The first kappa shape index (κ1) is 20.2. The Hall–Kier alpha value is -3.16. The number of hydrogen-bond acceptors (Lipinski definition) is 5. The van der Waals surface area contributed by atoms with E-state index in [2.05, 4.69) is 20.6 Å². The van der Waals surface area contributed by atoms with Crippen LogP contribution < -0.4 is 15.4 Å².